The van der Waals surface area contributed by atoms with Crippen LogP contribution in [-0.2, 0) is 4.74 Å². The van der Waals surface area contributed by atoms with Crippen LogP contribution in [-0.4, -0.2) is 19.3 Å². The lowest BCUT2D eigenvalue weighted by Crippen LogP contribution is -2.21. The Labute approximate surface area is 81.8 Å². The Morgan fingerprint density at radius 1 is 1.46 bits per heavy atom. The third kappa shape index (κ3) is 4.10. The molecule has 1 heterocycles. The van der Waals surface area contributed by atoms with Crippen LogP contribution in [0.4, 0.5) is 0 Å². The van der Waals surface area contributed by atoms with Gasteiger partial charge in [0.1, 0.15) is 0 Å². The average Bonchev–Trinajstić information content (AvgIpc) is 2.55. The maximum absolute atomic E-state index is 5.74. The second kappa shape index (κ2) is 5.61. The van der Waals surface area contributed by atoms with Crippen LogP contribution >= 0.6 is 0 Å². The van der Waals surface area contributed by atoms with E-state index in [0.29, 0.717) is 12.0 Å². The molecule has 1 saturated heterocycles. The summed E-state index contributed by atoms with van der Waals surface area (Å²) in [7, 11) is 0. The second-order valence-corrected chi connectivity index (χ2v) is 4.60. The van der Waals surface area contributed by atoms with E-state index in [0.717, 1.165) is 19.1 Å². The van der Waals surface area contributed by atoms with Gasteiger partial charge in [0.25, 0.3) is 0 Å². The van der Waals surface area contributed by atoms with Crippen LogP contribution in [0.1, 0.15) is 39.5 Å². The van der Waals surface area contributed by atoms with Crippen LogP contribution in [0, 0.1) is 11.8 Å². The molecule has 1 rings (SSSR count). The molecule has 1 fully saturated rings. The van der Waals surface area contributed by atoms with Crippen molar-refractivity contribution in [3.05, 3.63) is 0 Å². The summed E-state index contributed by atoms with van der Waals surface area (Å²) in [5.41, 5.74) is 5.74. The molecule has 2 nitrogen and oxygen atoms in total. The zero-order valence-corrected chi connectivity index (χ0v) is 8.96. The molecule has 2 N–H and O–H groups in total. The summed E-state index contributed by atoms with van der Waals surface area (Å²) in [4.78, 5) is 0. The lowest BCUT2D eigenvalue weighted by atomic mass is 9.91. The first kappa shape index (κ1) is 11.0. The summed E-state index contributed by atoms with van der Waals surface area (Å²) in [5, 5.41) is 0. The van der Waals surface area contributed by atoms with Gasteiger partial charge in [-0.3, -0.25) is 0 Å². The zero-order chi connectivity index (χ0) is 9.68. The highest BCUT2D eigenvalue weighted by molar-refractivity contribution is 4.71. The quantitative estimate of drug-likeness (QED) is 0.712. The van der Waals surface area contributed by atoms with E-state index in [1.54, 1.807) is 0 Å². The van der Waals surface area contributed by atoms with Crippen molar-refractivity contribution in [2.24, 2.45) is 17.6 Å². The fourth-order valence-electron chi connectivity index (χ4n) is 2.16. The number of nitrogens with two attached hydrogens (primary N) is 1. The van der Waals surface area contributed by atoms with Crippen molar-refractivity contribution in [2.45, 2.75) is 45.6 Å². The topological polar surface area (TPSA) is 35.2 Å². The van der Waals surface area contributed by atoms with Gasteiger partial charge in [-0.05, 0) is 44.1 Å². The monoisotopic (exact) mass is 185 g/mol. The molecular weight excluding hydrogens is 162 g/mol. The average molecular weight is 185 g/mol. The van der Waals surface area contributed by atoms with Crippen molar-refractivity contribution >= 4 is 0 Å². The van der Waals surface area contributed by atoms with Crippen molar-refractivity contribution in [2.75, 3.05) is 13.2 Å². The highest BCUT2D eigenvalue weighted by Gasteiger charge is 2.20. The normalized spacial score (nSPS) is 25.4. The molecule has 2 heteroatoms. The minimum absolute atomic E-state index is 0.507. The van der Waals surface area contributed by atoms with E-state index in [1.165, 1.54) is 25.7 Å². The molecule has 2 atom stereocenters. The zero-order valence-electron chi connectivity index (χ0n) is 8.96. The summed E-state index contributed by atoms with van der Waals surface area (Å²) in [6.45, 7) is 6.30. The van der Waals surface area contributed by atoms with Crippen molar-refractivity contribution < 1.29 is 4.74 Å². The van der Waals surface area contributed by atoms with Gasteiger partial charge in [0, 0.05) is 6.61 Å². The molecule has 0 aromatic rings. The van der Waals surface area contributed by atoms with Gasteiger partial charge < -0.3 is 10.5 Å². The number of hydrogen-bond donors (Lipinski definition) is 1. The standard InChI is InChI=1S/C11H23NO/c1-9(2)6-10(8-12)7-11-4-3-5-13-11/h9-11H,3-8,12H2,1-2H3. The number of hydrogen-bond acceptors (Lipinski definition) is 2. The molecule has 0 radical (unpaired) electrons. The first-order valence-corrected chi connectivity index (χ1v) is 5.54. The number of ether oxygens (including phenoxy) is 1. The Morgan fingerprint density at radius 3 is 2.69 bits per heavy atom. The highest BCUT2D eigenvalue weighted by Crippen LogP contribution is 2.23. The van der Waals surface area contributed by atoms with Gasteiger partial charge in [0.15, 0.2) is 0 Å². The molecule has 2 unspecified atom stereocenters. The van der Waals surface area contributed by atoms with E-state index < -0.39 is 0 Å². The first-order chi connectivity index (χ1) is 6.22. The molecule has 78 valence electrons. The van der Waals surface area contributed by atoms with Gasteiger partial charge in [-0.15, -0.1) is 0 Å². The Hall–Kier alpha value is -0.0800. The third-order valence-corrected chi connectivity index (χ3v) is 2.76. The molecule has 0 bridgehead atoms. The van der Waals surface area contributed by atoms with E-state index >= 15 is 0 Å². The lowest BCUT2D eigenvalue weighted by Gasteiger charge is -2.20. The second-order valence-electron chi connectivity index (χ2n) is 4.60. The summed E-state index contributed by atoms with van der Waals surface area (Å²) < 4.78 is 5.61. The first-order valence-electron chi connectivity index (χ1n) is 5.54. The van der Waals surface area contributed by atoms with Crippen molar-refractivity contribution in [3.63, 3.8) is 0 Å². The molecule has 0 aromatic heterocycles. The summed E-state index contributed by atoms with van der Waals surface area (Å²) in [6.07, 6.45) is 5.41. The molecule has 1 aliphatic rings. The minimum atomic E-state index is 0.507. The van der Waals surface area contributed by atoms with Crippen LogP contribution in [0.3, 0.4) is 0 Å². The van der Waals surface area contributed by atoms with Gasteiger partial charge in [-0.1, -0.05) is 13.8 Å². The van der Waals surface area contributed by atoms with E-state index in [1.807, 2.05) is 0 Å². The molecular formula is C11H23NO. The largest absolute Gasteiger partial charge is 0.378 e. The predicted molar refractivity (Wildman–Crippen MR) is 55.6 cm³/mol. The van der Waals surface area contributed by atoms with E-state index in [4.69, 9.17) is 10.5 Å². The molecule has 0 spiro atoms. The van der Waals surface area contributed by atoms with Crippen molar-refractivity contribution in [3.8, 4) is 0 Å². The predicted octanol–water partition coefficient (Wildman–Crippen LogP) is 2.18. The summed E-state index contributed by atoms with van der Waals surface area (Å²) in [5.74, 6) is 1.43. The van der Waals surface area contributed by atoms with E-state index in [2.05, 4.69) is 13.8 Å². The van der Waals surface area contributed by atoms with Crippen molar-refractivity contribution in [1.29, 1.82) is 0 Å². The Kier molecular flexibility index (Phi) is 4.74. The van der Waals surface area contributed by atoms with Gasteiger partial charge in [-0.2, -0.15) is 0 Å². The minimum Gasteiger partial charge on any atom is -0.378 e. The van der Waals surface area contributed by atoms with Crippen LogP contribution in [0.25, 0.3) is 0 Å². The highest BCUT2D eigenvalue weighted by atomic mass is 16.5. The molecule has 0 amide bonds. The molecule has 1 aliphatic heterocycles. The maximum atomic E-state index is 5.74. The Bertz CT molecular complexity index is 130. The van der Waals surface area contributed by atoms with Crippen LogP contribution in [0.15, 0.2) is 0 Å². The lowest BCUT2D eigenvalue weighted by molar-refractivity contribution is 0.0873. The van der Waals surface area contributed by atoms with Crippen LogP contribution < -0.4 is 5.73 Å². The molecule has 13 heavy (non-hydrogen) atoms. The molecule has 0 aromatic carbocycles. The van der Waals surface area contributed by atoms with Gasteiger partial charge in [0.2, 0.25) is 0 Å². The maximum Gasteiger partial charge on any atom is 0.0579 e. The fraction of sp³-hybridized carbons (Fsp3) is 1.00. The van der Waals surface area contributed by atoms with Crippen molar-refractivity contribution in [1.82, 2.24) is 0 Å². The number of rotatable bonds is 5. The summed E-state index contributed by atoms with van der Waals surface area (Å²) in [6, 6.07) is 0. The van der Waals surface area contributed by atoms with Crippen LogP contribution in [0.5, 0.6) is 0 Å². The molecule has 0 aliphatic carbocycles. The Balaban J connectivity index is 2.21. The summed E-state index contributed by atoms with van der Waals surface area (Å²) >= 11 is 0. The van der Waals surface area contributed by atoms with Crippen LogP contribution in [0.2, 0.25) is 0 Å². The van der Waals surface area contributed by atoms with Gasteiger partial charge in [0.05, 0.1) is 6.10 Å². The van der Waals surface area contributed by atoms with E-state index in [-0.39, 0.29) is 0 Å². The van der Waals surface area contributed by atoms with Gasteiger partial charge in [-0.25, -0.2) is 0 Å². The Morgan fingerprint density at radius 2 is 2.23 bits per heavy atom. The van der Waals surface area contributed by atoms with E-state index in [9.17, 15) is 0 Å². The third-order valence-electron chi connectivity index (χ3n) is 2.76. The fourth-order valence-corrected chi connectivity index (χ4v) is 2.16. The van der Waals surface area contributed by atoms with Gasteiger partial charge >= 0.3 is 0 Å². The molecule has 0 saturated carbocycles. The smallest absolute Gasteiger partial charge is 0.0579 e. The SMILES string of the molecule is CC(C)CC(CN)CC1CCCO1.